The number of esters is 1. The van der Waals surface area contributed by atoms with Crippen molar-refractivity contribution in [1.29, 1.82) is 0 Å². The van der Waals surface area contributed by atoms with Crippen LogP contribution in [0.15, 0.2) is 47.1 Å². The molecule has 1 atom stereocenters. The van der Waals surface area contributed by atoms with Gasteiger partial charge in [0.05, 0.1) is 12.3 Å². The van der Waals surface area contributed by atoms with E-state index in [1.54, 1.807) is 19.2 Å². The first-order valence-electron chi connectivity index (χ1n) is 7.32. The van der Waals surface area contributed by atoms with Crippen molar-refractivity contribution in [3.8, 4) is 0 Å². The number of hydrogen-bond donors (Lipinski definition) is 0. The Hall–Kier alpha value is -2.21. The van der Waals surface area contributed by atoms with Crippen LogP contribution < -0.4 is 4.90 Å². The van der Waals surface area contributed by atoms with Crippen molar-refractivity contribution < 1.29 is 14.3 Å². The van der Waals surface area contributed by atoms with E-state index in [4.69, 9.17) is 4.74 Å². The molecule has 2 aromatic rings. The van der Waals surface area contributed by atoms with Gasteiger partial charge in [-0.05, 0) is 49.2 Å². The summed E-state index contributed by atoms with van der Waals surface area (Å²) in [5.41, 5.74) is 1.53. The van der Waals surface area contributed by atoms with Gasteiger partial charge < -0.3 is 4.74 Å². The van der Waals surface area contributed by atoms with E-state index in [9.17, 15) is 9.59 Å². The molecule has 1 aliphatic heterocycles. The zero-order valence-corrected chi connectivity index (χ0v) is 14.1. The number of fused-ring (bicyclic) bond motifs is 1. The van der Waals surface area contributed by atoms with Gasteiger partial charge in [0.25, 0.3) is 0 Å². The van der Waals surface area contributed by atoms with E-state index in [-0.39, 0.29) is 12.5 Å². The monoisotopic (exact) mass is 374 g/mol. The molecule has 0 spiro atoms. The Labute approximate surface area is 142 Å². The van der Waals surface area contributed by atoms with Gasteiger partial charge >= 0.3 is 5.97 Å². The number of halogens is 1. The van der Waals surface area contributed by atoms with Crippen LogP contribution in [0.1, 0.15) is 12.5 Å². The molecule has 1 unspecified atom stereocenters. The normalized spacial score (nSPS) is 16.9. The van der Waals surface area contributed by atoms with E-state index in [1.165, 1.54) is 4.90 Å². The van der Waals surface area contributed by atoms with Gasteiger partial charge in [-0.15, -0.1) is 0 Å². The second-order valence-electron chi connectivity index (χ2n) is 5.14. The maximum atomic E-state index is 12.9. The van der Waals surface area contributed by atoms with Crippen LogP contribution in [-0.4, -0.2) is 23.5 Å². The summed E-state index contributed by atoms with van der Waals surface area (Å²) in [5.74, 6) is -1.07. The summed E-state index contributed by atoms with van der Waals surface area (Å²) in [6.45, 7) is 1.98. The summed E-state index contributed by atoms with van der Waals surface area (Å²) in [4.78, 5) is 30.8. The van der Waals surface area contributed by atoms with E-state index >= 15 is 0 Å². The first-order chi connectivity index (χ1) is 11.1. The van der Waals surface area contributed by atoms with E-state index in [0.717, 1.165) is 10.0 Å². The first-order valence-corrected chi connectivity index (χ1v) is 8.11. The average molecular weight is 375 g/mol. The highest BCUT2D eigenvalue weighted by atomic mass is 79.9. The minimum absolute atomic E-state index is 0.251. The van der Waals surface area contributed by atoms with Crippen LogP contribution in [0, 0.1) is 5.92 Å². The molecule has 0 aliphatic carbocycles. The third kappa shape index (κ3) is 2.99. The van der Waals surface area contributed by atoms with Crippen molar-refractivity contribution in [3.05, 3.63) is 52.6 Å². The minimum atomic E-state index is -0.838. The third-order valence-corrected chi connectivity index (χ3v) is 4.21. The van der Waals surface area contributed by atoms with Gasteiger partial charge in [-0.2, -0.15) is 0 Å². The van der Waals surface area contributed by atoms with Gasteiger partial charge in [0.15, 0.2) is 0 Å². The van der Waals surface area contributed by atoms with Crippen LogP contribution in [0.5, 0.6) is 0 Å². The SMILES string of the molecule is CCOC(=O)C1Cc2cccnc2N(c2ccc(Br)cc2)C1=O. The van der Waals surface area contributed by atoms with E-state index in [2.05, 4.69) is 20.9 Å². The molecule has 1 aliphatic rings. The van der Waals surface area contributed by atoms with Crippen LogP contribution in [0.4, 0.5) is 11.5 Å². The molecule has 0 fully saturated rings. The average Bonchev–Trinajstić information content (AvgIpc) is 2.56. The number of amides is 1. The van der Waals surface area contributed by atoms with E-state index in [1.807, 2.05) is 30.3 Å². The molecule has 1 amide bonds. The molecule has 0 N–H and O–H groups in total. The summed E-state index contributed by atoms with van der Waals surface area (Å²) < 4.78 is 5.97. The zero-order valence-electron chi connectivity index (χ0n) is 12.5. The fourth-order valence-corrected chi connectivity index (χ4v) is 2.89. The second-order valence-corrected chi connectivity index (χ2v) is 6.06. The fourth-order valence-electron chi connectivity index (χ4n) is 2.63. The molecule has 1 aromatic carbocycles. The molecule has 0 saturated heterocycles. The Morgan fingerprint density at radius 3 is 2.78 bits per heavy atom. The van der Waals surface area contributed by atoms with Crippen molar-refractivity contribution in [2.24, 2.45) is 5.92 Å². The van der Waals surface area contributed by atoms with E-state index in [0.29, 0.717) is 17.9 Å². The molecule has 1 aromatic heterocycles. The lowest BCUT2D eigenvalue weighted by atomic mass is 9.93. The molecule has 118 valence electrons. The number of pyridine rings is 1. The number of nitrogens with zero attached hydrogens (tertiary/aromatic N) is 2. The topological polar surface area (TPSA) is 59.5 Å². The molecular weight excluding hydrogens is 360 g/mol. The number of hydrogen-bond acceptors (Lipinski definition) is 4. The molecule has 0 radical (unpaired) electrons. The quantitative estimate of drug-likeness (QED) is 0.611. The first kappa shape index (κ1) is 15.7. The van der Waals surface area contributed by atoms with Crippen LogP contribution in [0.2, 0.25) is 0 Å². The van der Waals surface area contributed by atoms with Crippen LogP contribution in [0.3, 0.4) is 0 Å². The van der Waals surface area contributed by atoms with Crippen LogP contribution in [0.25, 0.3) is 0 Å². The lowest BCUT2D eigenvalue weighted by molar-refractivity contribution is -0.151. The summed E-state index contributed by atoms with van der Waals surface area (Å²) in [6, 6.07) is 11.0. The lowest BCUT2D eigenvalue weighted by Crippen LogP contribution is -2.43. The molecule has 0 saturated carbocycles. The molecule has 3 rings (SSSR count). The largest absolute Gasteiger partial charge is 0.465 e. The van der Waals surface area contributed by atoms with Crippen LogP contribution in [-0.2, 0) is 20.7 Å². The Morgan fingerprint density at radius 2 is 2.09 bits per heavy atom. The molecule has 2 heterocycles. The number of ether oxygens (including phenoxy) is 1. The van der Waals surface area contributed by atoms with Crippen molar-refractivity contribution in [1.82, 2.24) is 4.98 Å². The second kappa shape index (κ2) is 6.50. The highest BCUT2D eigenvalue weighted by Crippen LogP contribution is 2.35. The summed E-state index contributed by atoms with van der Waals surface area (Å²) in [5, 5.41) is 0. The highest BCUT2D eigenvalue weighted by Gasteiger charge is 2.39. The fraction of sp³-hybridized carbons (Fsp3) is 0.235. The Morgan fingerprint density at radius 1 is 1.35 bits per heavy atom. The molecule has 23 heavy (non-hydrogen) atoms. The maximum Gasteiger partial charge on any atom is 0.318 e. The van der Waals surface area contributed by atoms with Gasteiger partial charge in [0.1, 0.15) is 11.7 Å². The predicted molar refractivity (Wildman–Crippen MR) is 89.4 cm³/mol. The van der Waals surface area contributed by atoms with Gasteiger partial charge in [0, 0.05) is 10.7 Å². The van der Waals surface area contributed by atoms with Gasteiger partial charge in [0.2, 0.25) is 5.91 Å². The Balaban J connectivity index is 2.06. The number of benzene rings is 1. The van der Waals surface area contributed by atoms with Gasteiger partial charge in [-0.1, -0.05) is 22.0 Å². The van der Waals surface area contributed by atoms with Crippen LogP contribution >= 0.6 is 15.9 Å². The predicted octanol–water partition coefficient (Wildman–Crippen LogP) is 3.24. The summed E-state index contributed by atoms with van der Waals surface area (Å²) in [6.07, 6.45) is 1.95. The van der Waals surface area contributed by atoms with Crippen molar-refractivity contribution in [2.45, 2.75) is 13.3 Å². The highest BCUT2D eigenvalue weighted by molar-refractivity contribution is 9.10. The standard InChI is InChI=1S/C17H15BrN2O3/c1-2-23-17(22)14-10-11-4-3-9-19-15(11)20(16(14)21)13-7-5-12(18)6-8-13/h3-9,14H,2,10H2,1H3. The number of aromatic nitrogens is 1. The minimum Gasteiger partial charge on any atom is -0.465 e. The maximum absolute atomic E-state index is 12.9. The Kier molecular flexibility index (Phi) is 4.43. The Bertz CT molecular complexity index is 746. The molecule has 5 nitrogen and oxygen atoms in total. The lowest BCUT2D eigenvalue weighted by Gasteiger charge is -2.32. The molecule has 6 heteroatoms. The third-order valence-electron chi connectivity index (χ3n) is 3.68. The number of rotatable bonds is 3. The molecule has 0 bridgehead atoms. The van der Waals surface area contributed by atoms with Gasteiger partial charge in [-0.3, -0.25) is 14.5 Å². The summed E-state index contributed by atoms with van der Waals surface area (Å²) in [7, 11) is 0. The van der Waals surface area contributed by atoms with E-state index < -0.39 is 11.9 Å². The number of anilines is 2. The number of carbonyl (C=O) groups excluding carboxylic acids is 2. The molecular formula is C17H15BrN2O3. The van der Waals surface area contributed by atoms with Crippen molar-refractivity contribution >= 4 is 39.3 Å². The van der Waals surface area contributed by atoms with Crippen molar-refractivity contribution in [3.63, 3.8) is 0 Å². The summed E-state index contributed by atoms with van der Waals surface area (Å²) >= 11 is 3.38. The van der Waals surface area contributed by atoms with Gasteiger partial charge in [-0.25, -0.2) is 4.98 Å². The number of carbonyl (C=O) groups is 2. The smallest absolute Gasteiger partial charge is 0.318 e. The van der Waals surface area contributed by atoms with Crippen molar-refractivity contribution in [2.75, 3.05) is 11.5 Å². The zero-order chi connectivity index (χ0) is 16.4.